The molecule has 0 radical (unpaired) electrons. The van der Waals surface area contributed by atoms with Gasteiger partial charge < -0.3 is 28.4 Å². The first-order valence-corrected chi connectivity index (χ1v) is 17.8. The van der Waals surface area contributed by atoms with Crippen LogP contribution in [0, 0.1) is 0 Å². The first-order chi connectivity index (χ1) is 24.9. The van der Waals surface area contributed by atoms with Crippen molar-refractivity contribution in [2.24, 2.45) is 0 Å². The van der Waals surface area contributed by atoms with Gasteiger partial charge in [-0.15, -0.1) is 0 Å². The molecule has 3 aromatic heterocycles. The maximum atomic E-state index is 14.0. The number of methoxy groups -OCH3 is 1. The third kappa shape index (κ3) is 7.75. The van der Waals surface area contributed by atoms with Crippen LogP contribution in [0.3, 0.4) is 0 Å². The SMILES string of the molecule is COc1ccc(-c2cn[nH]n2)cc1C(=O)N(C)CC(CCN1CCCN(c2nc3ccccc3n2Cc2ccco2)CC1)c1ccc(Cl)c(Cl)c1. The monoisotopic (exact) mass is 726 g/mol. The number of benzene rings is 3. The Kier molecular flexibility index (Phi) is 10.6. The summed E-state index contributed by atoms with van der Waals surface area (Å²) in [6.45, 7) is 5.55. The Hall–Kier alpha value is -4.84. The highest BCUT2D eigenvalue weighted by Crippen LogP contribution is 2.32. The summed E-state index contributed by atoms with van der Waals surface area (Å²) in [6, 6.07) is 23.4. The van der Waals surface area contributed by atoms with E-state index in [9.17, 15) is 4.79 Å². The van der Waals surface area contributed by atoms with Crippen LogP contribution in [0.1, 0.15) is 40.4 Å². The molecule has 1 saturated heterocycles. The Balaban J connectivity index is 1.06. The van der Waals surface area contributed by atoms with Crippen LogP contribution in [0.15, 0.2) is 89.7 Å². The van der Waals surface area contributed by atoms with Gasteiger partial charge in [-0.05, 0) is 86.1 Å². The van der Waals surface area contributed by atoms with Gasteiger partial charge in [0.05, 0.1) is 52.8 Å². The molecule has 1 amide bonds. The Bertz CT molecular complexity index is 2080. The molecule has 3 aromatic carbocycles. The lowest BCUT2D eigenvalue weighted by Gasteiger charge is -2.28. The number of nitrogens with one attached hydrogen (secondary N) is 1. The number of hydrogen-bond donors (Lipinski definition) is 1. The second kappa shape index (κ2) is 15.6. The number of H-pyrrole nitrogens is 1. The minimum absolute atomic E-state index is 0.00952. The third-order valence-corrected chi connectivity index (χ3v) is 10.3. The van der Waals surface area contributed by atoms with Crippen molar-refractivity contribution in [3.05, 3.63) is 112 Å². The number of amides is 1. The molecule has 0 bridgehead atoms. The second-order valence-electron chi connectivity index (χ2n) is 12.9. The first kappa shape index (κ1) is 34.6. The summed E-state index contributed by atoms with van der Waals surface area (Å²) in [6.07, 6.45) is 5.16. The van der Waals surface area contributed by atoms with Crippen LogP contribution in [0.5, 0.6) is 5.75 Å². The van der Waals surface area contributed by atoms with Crippen LogP contribution < -0.4 is 9.64 Å². The maximum absolute atomic E-state index is 14.0. The van der Waals surface area contributed by atoms with Crippen molar-refractivity contribution in [1.29, 1.82) is 0 Å². The fourth-order valence-electron chi connectivity index (χ4n) is 6.88. The summed E-state index contributed by atoms with van der Waals surface area (Å²) >= 11 is 12.8. The highest BCUT2D eigenvalue weighted by Gasteiger charge is 2.25. The number of furan rings is 1. The number of halogens is 2. The standard InChI is InChI=1S/C38H40Cl2N8O3/c1-45(37(49)30-21-27(11-13-36(30)50-2)34-23-41-44-43-34)24-28(26-10-12-31(39)32(40)22-26)14-17-46-15-6-16-47(19-18-46)38-42-33-8-3-4-9-35(33)48(38)25-29-7-5-20-51-29/h3-5,7-13,20-23,28H,6,14-19,24-25H2,1-2H3,(H,41,43,44). The molecule has 1 aliphatic rings. The van der Waals surface area contributed by atoms with Gasteiger partial charge in [-0.1, -0.05) is 41.4 Å². The molecule has 4 heterocycles. The predicted molar refractivity (Wildman–Crippen MR) is 200 cm³/mol. The zero-order valence-electron chi connectivity index (χ0n) is 28.6. The predicted octanol–water partition coefficient (Wildman–Crippen LogP) is 7.24. The minimum Gasteiger partial charge on any atom is -0.496 e. The van der Waals surface area contributed by atoms with E-state index >= 15 is 0 Å². The van der Waals surface area contributed by atoms with Gasteiger partial charge in [0.2, 0.25) is 5.95 Å². The van der Waals surface area contributed by atoms with E-state index in [1.807, 2.05) is 49.5 Å². The Morgan fingerprint density at radius 2 is 1.90 bits per heavy atom. The molecule has 7 rings (SSSR count). The number of imidazole rings is 1. The van der Waals surface area contributed by atoms with Gasteiger partial charge in [-0.3, -0.25) is 4.79 Å². The molecular weight excluding hydrogens is 687 g/mol. The number of nitrogens with zero attached hydrogens (tertiary/aromatic N) is 7. The van der Waals surface area contributed by atoms with Crippen molar-refractivity contribution in [3.63, 3.8) is 0 Å². The van der Waals surface area contributed by atoms with Crippen LogP contribution in [0.2, 0.25) is 10.0 Å². The van der Waals surface area contributed by atoms with E-state index in [0.29, 0.717) is 40.1 Å². The topological polar surface area (TPSA) is 109 Å². The number of carbonyl (C=O) groups excluding carboxylic acids is 1. The summed E-state index contributed by atoms with van der Waals surface area (Å²) in [5.74, 6) is 2.22. The molecule has 0 saturated carbocycles. The Labute approximate surface area is 306 Å². The van der Waals surface area contributed by atoms with Gasteiger partial charge >= 0.3 is 0 Å². The molecule has 264 valence electrons. The molecule has 1 atom stereocenters. The molecule has 1 N–H and O–H groups in total. The molecule has 0 aliphatic carbocycles. The Morgan fingerprint density at radius 1 is 1.02 bits per heavy atom. The Morgan fingerprint density at radius 3 is 2.69 bits per heavy atom. The number of fused-ring (bicyclic) bond motifs is 1. The van der Waals surface area contributed by atoms with Crippen LogP contribution in [0.25, 0.3) is 22.3 Å². The largest absolute Gasteiger partial charge is 0.496 e. The van der Waals surface area contributed by atoms with Gasteiger partial charge in [0.1, 0.15) is 17.2 Å². The van der Waals surface area contributed by atoms with E-state index in [2.05, 4.69) is 48.0 Å². The molecule has 0 spiro atoms. The summed E-state index contributed by atoms with van der Waals surface area (Å²) in [4.78, 5) is 25.7. The van der Waals surface area contributed by atoms with Gasteiger partial charge in [0.25, 0.3) is 5.91 Å². The highest BCUT2D eigenvalue weighted by molar-refractivity contribution is 6.42. The minimum atomic E-state index is -0.148. The maximum Gasteiger partial charge on any atom is 0.257 e. The zero-order valence-corrected chi connectivity index (χ0v) is 30.1. The van der Waals surface area contributed by atoms with Gasteiger partial charge in [0, 0.05) is 44.7 Å². The normalized spacial score (nSPS) is 14.5. The zero-order chi connectivity index (χ0) is 35.3. The molecule has 1 fully saturated rings. The molecule has 51 heavy (non-hydrogen) atoms. The van der Waals surface area contributed by atoms with E-state index in [1.165, 1.54) is 0 Å². The number of carbonyl (C=O) groups is 1. The smallest absolute Gasteiger partial charge is 0.257 e. The molecule has 11 nitrogen and oxygen atoms in total. The van der Waals surface area contributed by atoms with E-state index in [4.69, 9.17) is 37.3 Å². The lowest BCUT2D eigenvalue weighted by atomic mass is 9.94. The number of para-hydroxylation sites is 2. The average Bonchev–Trinajstić information content (AvgIpc) is 3.92. The summed E-state index contributed by atoms with van der Waals surface area (Å²) < 4.78 is 13.6. The molecular formula is C38H40Cl2N8O3. The van der Waals surface area contributed by atoms with Gasteiger partial charge in [-0.25, -0.2) is 4.98 Å². The summed E-state index contributed by atoms with van der Waals surface area (Å²) in [7, 11) is 3.39. The van der Waals surface area contributed by atoms with Gasteiger partial charge in [0.15, 0.2) is 0 Å². The van der Waals surface area contributed by atoms with Crippen LogP contribution in [-0.2, 0) is 6.54 Å². The van der Waals surface area contributed by atoms with E-state index in [1.54, 1.807) is 36.6 Å². The molecule has 1 aliphatic heterocycles. The van der Waals surface area contributed by atoms with Crippen molar-refractivity contribution in [1.82, 2.24) is 34.8 Å². The fraction of sp³-hybridized carbons (Fsp3) is 0.316. The quantitative estimate of drug-likeness (QED) is 0.141. The van der Waals surface area contributed by atoms with E-state index < -0.39 is 0 Å². The fourth-order valence-corrected chi connectivity index (χ4v) is 7.18. The van der Waals surface area contributed by atoms with Crippen molar-refractivity contribution in [2.45, 2.75) is 25.3 Å². The van der Waals surface area contributed by atoms with Crippen LogP contribution in [0.4, 0.5) is 5.95 Å². The van der Waals surface area contributed by atoms with E-state index in [0.717, 1.165) is 79.4 Å². The number of aromatic nitrogens is 5. The first-order valence-electron chi connectivity index (χ1n) is 17.1. The molecule has 1 unspecified atom stereocenters. The van der Waals surface area contributed by atoms with Crippen LogP contribution >= 0.6 is 23.2 Å². The number of hydrogen-bond acceptors (Lipinski definition) is 8. The van der Waals surface area contributed by atoms with Crippen molar-refractivity contribution in [3.8, 4) is 17.0 Å². The second-order valence-corrected chi connectivity index (χ2v) is 13.7. The number of anilines is 1. The summed E-state index contributed by atoms with van der Waals surface area (Å²) in [5, 5.41) is 11.7. The summed E-state index contributed by atoms with van der Waals surface area (Å²) in [5.41, 5.74) is 4.99. The lowest BCUT2D eigenvalue weighted by Crippen LogP contribution is -2.35. The third-order valence-electron chi connectivity index (χ3n) is 9.59. The van der Waals surface area contributed by atoms with Crippen LogP contribution in [-0.4, -0.2) is 94.1 Å². The van der Waals surface area contributed by atoms with Crippen molar-refractivity contribution < 1.29 is 13.9 Å². The highest BCUT2D eigenvalue weighted by atomic mass is 35.5. The lowest BCUT2D eigenvalue weighted by molar-refractivity contribution is 0.0779. The molecule has 6 aromatic rings. The number of rotatable bonds is 12. The molecule has 13 heteroatoms. The van der Waals surface area contributed by atoms with Crippen molar-refractivity contribution >= 4 is 46.1 Å². The number of likely N-dealkylation sites (N-methyl/N-ethyl adjacent to an activating group) is 1. The number of aromatic amines is 1. The van der Waals surface area contributed by atoms with E-state index in [-0.39, 0.29) is 11.8 Å². The van der Waals surface area contributed by atoms with Gasteiger partial charge in [-0.2, -0.15) is 15.4 Å². The van der Waals surface area contributed by atoms with Crippen molar-refractivity contribution in [2.75, 3.05) is 58.3 Å². The number of ether oxygens (including phenoxy) is 1. The average molecular weight is 728 g/mol.